The molecule has 0 spiro atoms. The van der Waals surface area contributed by atoms with E-state index in [1.807, 2.05) is 0 Å². The van der Waals surface area contributed by atoms with E-state index in [0.29, 0.717) is 6.54 Å². The van der Waals surface area contributed by atoms with Gasteiger partial charge in [-0.25, -0.2) is 9.97 Å². The summed E-state index contributed by atoms with van der Waals surface area (Å²) in [6, 6.07) is 6.30. The maximum Gasteiger partial charge on any atom is 0.387 e. The molecule has 0 saturated heterocycles. The van der Waals surface area contributed by atoms with Crippen LogP contribution in [-0.2, 0) is 6.54 Å². The Bertz CT molecular complexity index is 476. The molecule has 0 aliphatic carbocycles. The molecule has 1 heterocycles. The lowest BCUT2D eigenvalue weighted by Gasteiger charge is -2.08. The quantitative estimate of drug-likeness (QED) is 0.887. The van der Waals surface area contributed by atoms with Gasteiger partial charge in [0, 0.05) is 30.2 Å². The summed E-state index contributed by atoms with van der Waals surface area (Å²) in [4.78, 5) is 7.78. The standard InChI is InChI=1S/C12H11F2N3O/c13-12(14)18-11-3-1-10(2-4-11)17-7-9-5-15-8-16-6-9/h1-6,8,12,17H,7H2. The molecule has 0 aliphatic heterocycles. The molecule has 1 aromatic heterocycles. The van der Waals surface area contributed by atoms with Crippen molar-refractivity contribution in [3.05, 3.63) is 48.5 Å². The molecule has 0 radical (unpaired) electrons. The van der Waals surface area contributed by atoms with Crippen LogP contribution in [0, 0.1) is 0 Å². The maximum absolute atomic E-state index is 11.9. The molecular formula is C12H11F2N3O. The minimum atomic E-state index is -2.80. The lowest BCUT2D eigenvalue weighted by molar-refractivity contribution is -0.0498. The van der Waals surface area contributed by atoms with Crippen molar-refractivity contribution >= 4 is 5.69 Å². The average Bonchev–Trinajstić information content (AvgIpc) is 2.38. The Morgan fingerprint density at radius 3 is 2.39 bits per heavy atom. The van der Waals surface area contributed by atoms with E-state index in [-0.39, 0.29) is 5.75 Å². The zero-order chi connectivity index (χ0) is 12.8. The summed E-state index contributed by atoms with van der Waals surface area (Å²) in [6.07, 6.45) is 4.86. The van der Waals surface area contributed by atoms with Crippen LogP contribution in [0.4, 0.5) is 14.5 Å². The van der Waals surface area contributed by atoms with Crippen LogP contribution in [0.15, 0.2) is 43.0 Å². The first-order valence-corrected chi connectivity index (χ1v) is 5.26. The molecule has 18 heavy (non-hydrogen) atoms. The van der Waals surface area contributed by atoms with Crippen molar-refractivity contribution < 1.29 is 13.5 Å². The number of alkyl halides is 2. The van der Waals surface area contributed by atoms with Crippen LogP contribution in [0.3, 0.4) is 0 Å². The molecular weight excluding hydrogens is 240 g/mol. The van der Waals surface area contributed by atoms with Crippen LogP contribution in [0.1, 0.15) is 5.56 Å². The predicted molar refractivity (Wildman–Crippen MR) is 62.4 cm³/mol. The molecule has 4 nitrogen and oxygen atoms in total. The first-order chi connectivity index (χ1) is 8.74. The predicted octanol–water partition coefficient (Wildman–Crippen LogP) is 2.69. The van der Waals surface area contributed by atoms with E-state index >= 15 is 0 Å². The van der Waals surface area contributed by atoms with E-state index in [1.165, 1.54) is 18.5 Å². The van der Waals surface area contributed by atoms with E-state index < -0.39 is 6.61 Å². The lowest BCUT2D eigenvalue weighted by Crippen LogP contribution is -2.03. The molecule has 0 fully saturated rings. The van der Waals surface area contributed by atoms with E-state index in [2.05, 4.69) is 20.0 Å². The molecule has 0 aliphatic rings. The first kappa shape index (κ1) is 12.2. The average molecular weight is 251 g/mol. The molecule has 2 rings (SSSR count). The summed E-state index contributed by atoms with van der Waals surface area (Å²) in [7, 11) is 0. The van der Waals surface area contributed by atoms with Crippen LogP contribution < -0.4 is 10.1 Å². The number of anilines is 1. The number of rotatable bonds is 5. The topological polar surface area (TPSA) is 47.0 Å². The summed E-state index contributed by atoms with van der Waals surface area (Å²) < 4.78 is 28.1. The highest BCUT2D eigenvalue weighted by Crippen LogP contribution is 2.18. The Morgan fingerprint density at radius 2 is 1.78 bits per heavy atom. The number of hydrogen-bond acceptors (Lipinski definition) is 4. The fraction of sp³-hybridized carbons (Fsp3) is 0.167. The van der Waals surface area contributed by atoms with Gasteiger partial charge in [0.1, 0.15) is 12.1 Å². The minimum Gasteiger partial charge on any atom is -0.435 e. The van der Waals surface area contributed by atoms with Gasteiger partial charge in [-0.15, -0.1) is 0 Å². The maximum atomic E-state index is 11.9. The van der Waals surface area contributed by atoms with Crippen LogP contribution in [0.5, 0.6) is 5.75 Å². The third-order valence-electron chi connectivity index (χ3n) is 2.19. The van der Waals surface area contributed by atoms with Crippen LogP contribution in [0.25, 0.3) is 0 Å². The largest absolute Gasteiger partial charge is 0.435 e. The molecule has 6 heteroatoms. The van der Waals surface area contributed by atoms with Crippen LogP contribution in [-0.4, -0.2) is 16.6 Å². The Kier molecular flexibility index (Phi) is 4.01. The fourth-order valence-corrected chi connectivity index (χ4v) is 1.38. The molecule has 2 aromatic rings. The number of hydrogen-bond donors (Lipinski definition) is 1. The smallest absolute Gasteiger partial charge is 0.387 e. The molecule has 1 N–H and O–H groups in total. The van der Waals surface area contributed by atoms with Crippen LogP contribution in [0.2, 0.25) is 0 Å². The zero-order valence-electron chi connectivity index (χ0n) is 9.38. The van der Waals surface area contributed by atoms with Gasteiger partial charge in [-0.3, -0.25) is 0 Å². The molecule has 1 aromatic carbocycles. The molecule has 0 unspecified atom stereocenters. The SMILES string of the molecule is FC(F)Oc1ccc(NCc2cncnc2)cc1. The number of benzene rings is 1. The second-order valence-electron chi connectivity index (χ2n) is 3.50. The summed E-state index contributed by atoms with van der Waals surface area (Å²) in [5.41, 5.74) is 1.74. The zero-order valence-corrected chi connectivity index (χ0v) is 9.38. The third-order valence-corrected chi connectivity index (χ3v) is 2.19. The van der Waals surface area contributed by atoms with Gasteiger partial charge in [-0.1, -0.05) is 0 Å². The van der Waals surface area contributed by atoms with E-state index in [1.54, 1.807) is 24.5 Å². The number of nitrogens with zero attached hydrogens (tertiary/aromatic N) is 2. The number of halogens is 2. The Hall–Kier alpha value is -2.24. The minimum absolute atomic E-state index is 0.138. The molecule has 0 bridgehead atoms. The summed E-state index contributed by atoms with van der Waals surface area (Å²) in [5, 5.41) is 3.12. The number of aromatic nitrogens is 2. The Labute approximate surface area is 103 Å². The van der Waals surface area contributed by atoms with Crippen molar-refractivity contribution in [2.75, 3.05) is 5.32 Å². The third kappa shape index (κ3) is 3.65. The van der Waals surface area contributed by atoms with E-state index in [4.69, 9.17) is 0 Å². The molecule has 0 saturated carbocycles. The van der Waals surface area contributed by atoms with Crippen molar-refractivity contribution in [3.8, 4) is 5.75 Å². The number of nitrogens with one attached hydrogen (secondary N) is 1. The second kappa shape index (κ2) is 5.90. The second-order valence-corrected chi connectivity index (χ2v) is 3.50. The van der Waals surface area contributed by atoms with Gasteiger partial charge in [-0.05, 0) is 24.3 Å². The highest BCUT2D eigenvalue weighted by Gasteiger charge is 2.03. The van der Waals surface area contributed by atoms with E-state index in [9.17, 15) is 8.78 Å². The van der Waals surface area contributed by atoms with Gasteiger partial charge in [0.05, 0.1) is 0 Å². The van der Waals surface area contributed by atoms with Crippen molar-refractivity contribution in [1.29, 1.82) is 0 Å². The summed E-state index contributed by atoms with van der Waals surface area (Å²) in [5.74, 6) is 0.138. The lowest BCUT2D eigenvalue weighted by atomic mass is 10.3. The van der Waals surface area contributed by atoms with Gasteiger partial charge < -0.3 is 10.1 Å². The monoisotopic (exact) mass is 251 g/mol. The van der Waals surface area contributed by atoms with Gasteiger partial charge in [-0.2, -0.15) is 8.78 Å². The fourth-order valence-electron chi connectivity index (χ4n) is 1.38. The summed E-state index contributed by atoms with van der Waals surface area (Å²) >= 11 is 0. The van der Waals surface area contributed by atoms with Gasteiger partial charge in [0.2, 0.25) is 0 Å². The Balaban J connectivity index is 1.90. The Morgan fingerprint density at radius 1 is 1.11 bits per heavy atom. The van der Waals surface area contributed by atoms with E-state index in [0.717, 1.165) is 11.3 Å². The van der Waals surface area contributed by atoms with Crippen LogP contribution >= 0.6 is 0 Å². The normalized spacial score (nSPS) is 10.4. The highest BCUT2D eigenvalue weighted by atomic mass is 19.3. The molecule has 94 valence electrons. The van der Waals surface area contributed by atoms with Crippen molar-refractivity contribution in [2.24, 2.45) is 0 Å². The molecule has 0 amide bonds. The van der Waals surface area contributed by atoms with Crippen molar-refractivity contribution in [1.82, 2.24) is 9.97 Å². The van der Waals surface area contributed by atoms with Gasteiger partial charge in [0.25, 0.3) is 0 Å². The van der Waals surface area contributed by atoms with Crippen molar-refractivity contribution in [2.45, 2.75) is 13.2 Å². The first-order valence-electron chi connectivity index (χ1n) is 5.26. The highest BCUT2D eigenvalue weighted by molar-refractivity contribution is 5.46. The number of ether oxygens (including phenoxy) is 1. The van der Waals surface area contributed by atoms with Gasteiger partial charge in [0.15, 0.2) is 0 Å². The van der Waals surface area contributed by atoms with Gasteiger partial charge >= 0.3 is 6.61 Å². The molecule has 0 atom stereocenters. The van der Waals surface area contributed by atoms with Crippen molar-refractivity contribution in [3.63, 3.8) is 0 Å². The summed E-state index contributed by atoms with van der Waals surface area (Å²) in [6.45, 7) is -2.24.